The van der Waals surface area contributed by atoms with Crippen LogP contribution in [0.3, 0.4) is 0 Å². The normalized spacial score (nSPS) is 30.9. The van der Waals surface area contributed by atoms with Crippen LogP contribution < -0.4 is 10.6 Å². The fourth-order valence-corrected chi connectivity index (χ4v) is 3.68. The SMILES string of the molecule is CNCC(C)C(=O)NCCC1CC2CCC1C2.Cl. The average Bonchev–Trinajstić information content (AvgIpc) is 2.91. The van der Waals surface area contributed by atoms with E-state index in [4.69, 9.17) is 0 Å². The smallest absolute Gasteiger partial charge is 0.224 e. The molecule has 0 aromatic rings. The Balaban J connectivity index is 0.00000162. The first-order valence-electron chi connectivity index (χ1n) is 7.13. The van der Waals surface area contributed by atoms with Gasteiger partial charge in [-0.15, -0.1) is 12.4 Å². The first kappa shape index (κ1) is 15.8. The Morgan fingerprint density at radius 2 is 2.11 bits per heavy atom. The largest absolute Gasteiger partial charge is 0.356 e. The summed E-state index contributed by atoms with van der Waals surface area (Å²) in [4.78, 5) is 11.7. The number of carbonyl (C=O) groups excluding carboxylic acids is 1. The number of hydrogen-bond donors (Lipinski definition) is 2. The van der Waals surface area contributed by atoms with E-state index in [0.29, 0.717) is 0 Å². The molecule has 106 valence electrons. The van der Waals surface area contributed by atoms with Crippen molar-refractivity contribution in [2.24, 2.45) is 23.7 Å². The topological polar surface area (TPSA) is 41.1 Å². The van der Waals surface area contributed by atoms with Crippen molar-refractivity contribution in [3.63, 3.8) is 0 Å². The van der Waals surface area contributed by atoms with Crippen LogP contribution in [0.1, 0.15) is 39.0 Å². The van der Waals surface area contributed by atoms with Crippen molar-refractivity contribution in [3.8, 4) is 0 Å². The number of amides is 1. The minimum atomic E-state index is 0. The van der Waals surface area contributed by atoms with E-state index >= 15 is 0 Å². The standard InChI is InChI=1S/C14H26N2O.ClH/c1-10(9-15-2)14(17)16-6-5-13-8-11-3-4-12(13)7-11;/h10-13,15H,3-9H2,1-2H3,(H,16,17);1H. The van der Waals surface area contributed by atoms with E-state index in [2.05, 4.69) is 10.6 Å². The van der Waals surface area contributed by atoms with Gasteiger partial charge in [0.15, 0.2) is 0 Å². The highest BCUT2D eigenvalue weighted by Gasteiger charge is 2.38. The summed E-state index contributed by atoms with van der Waals surface area (Å²) in [5.41, 5.74) is 0. The molecule has 2 rings (SSSR count). The van der Waals surface area contributed by atoms with Gasteiger partial charge in [-0.1, -0.05) is 13.3 Å². The van der Waals surface area contributed by atoms with E-state index in [1.165, 1.54) is 32.1 Å². The van der Waals surface area contributed by atoms with Gasteiger partial charge >= 0.3 is 0 Å². The third kappa shape index (κ3) is 3.86. The zero-order valence-corrected chi connectivity index (χ0v) is 12.4. The predicted molar refractivity (Wildman–Crippen MR) is 76.9 cm³/mol. The Hall–Kier alpha value is -0.280. The maximum Gasteiger partial charge on any atom is 0.224 e. The summed E-state index contributed by atoms with van der Waals surface area (Å²) in [6.07, 6.45) is 6.99. The number of nitrogens with one attached hydrogen (secondary N) is 2. The van der Waals surface area contributed by atoms with Gasteiger partial charge in [-0.25, -0.2) is 0 Å². The van der Waals surface area contributed by atoms with Gasteiger partial charge < -0.3 is 10.6 Å². The van der Waals surface area contributed by atoms with Crippen molar-refractivity contribution in [1.82, 2.24) is 10.6 Å². The third-order valence-electron chi connectivity index (χ3n) is 4.66. The molecule has 4 heteroatoms. The van der Waals surface area contributed by atoms with Crippen LogP contribution in [0.5, 0.6) is 0 Å². The summed E-state index contributed by atoms with van der Waals surface area (Å²) in [7, 11) is 1.89. The van der Waals surface area contributed by atoms with Gasteiger partial charge in [-0.3, -0.25) is 4.79 Å². The number of fused-ring (bicyclic) bond motifs is 2. The molecule has 0 radical (unpaired) electrons. The van der Waals surface area contributed by atoms with Gasteiger partial charge in [0.05, 0.1) is 0 Å². The van der Waals surface area contributed by atoms with Crippen LogP contribution >= 0.6 is 12.4 Å². The van der Waals surface area contributed by atoms with Crippen LogP contribution in [0.15, 0.2) is 0 Å². The molecule has 0 heterocycles. The minimum Gasteiger partial charge on any atom is -0.356 e. The highest BCUT2D eigenvalue weighted by Crippen LogP contribution is 2.49. The molecule has 2 aliphatic rings. The second kappa shape index (κ2) is 7.34. The van der Waals surface area contributed by atoms with Crippen molar-refractivity contribution in [2.75, 3.05) is 20.1 Å². The Kier molecular flexibility index (Phi) is 6.44. The van der Waals surface area contributed by atoms with E-state index in [9.17, 15) is 4.79 Å². The highest BCUT2D eigenvalue weighted by atomic mass is 35.5. The first-order valence-corrected chi connectivity index (χ1v) is 7.13. The van der Waals surface area contributed by atoms with E-state index in [1.54, 1.807) is 0 Å². The van der Waals surface area contributed by atoms with Crippen molar-refractivity contribution in [1.29, 1.82) is 0 Å². The van der Waals surface area contributed by atoms with Gasteiger partial charge in [-0.05, 0) is 50.5 Å². The molecule has 0 aliphatic heterocycles. The second-order valence-corrected chi connectivity index (χ2v) is 5.97. The summed E-state index contributed by atoms with van der Waals surface area (Å²) in [5, 5.41) is 6.12. The Bertz CT molecular complexity index is 273. The lowest BCUT2D eigenvalue weighted by atomic mass is 9.86. The van der Waals surface area contributed by atoms with Crippen molar-refractivity contribution < 1.29 is 4.79 Å². The molecule has 0 aromatic heterocycles. The van der Waals surface area contributed by atoms with Crippen molar-refractivity contribution >= 4 is 18.3 Å². The monoisotopic (exact) mass is 274 g/mol. The molecule has 2 fully saturated rings. The van der Waals surface area contributed by atoms with Gasteiger partial charge in [0.1, 0.15) is 0 Å². The molecule has 2 aliphatic carbocycles. The molecule has 4 atom stereocenters. The zero-order chi connectivity index (χ0) is 12.3. The maximum absolute atomic E-state index is 11.7. The number of hydrogen-bond acceptors (Lipinski definition) is 2. The lowest BCUT2D eigenvalue weighted by Crippen LogP contribution is -2.35. The highest BCUT2D eigenvalue weighted by molar-refractivity contribution is 5.85. The zero-order valence-electron chi connectivity index (χ0n) is 11.6. The van der Waals surface area contributed by atoms with E-state index < -0.39 is 0 Å². The molecule has 3 nitrogen and oxygen atoms in total. The average molecular weight is 275 g/mol. The summed E-state index contributed by atoms with van der Waals surface area (Å²) < 4.78 is 0. The molecule has 18 heavy (non-hydrogen) atoms. The molecular formula is C14H27ClN2O. The molecule has 4 unspecified atom stereocenters. The summed E-state index contributed by atoms with van der Waals surface area (Å²) in [5.74, 6) is 3.17. The van der Waals surface area contributed by atoms with Crippen molar-refractivity contribution in [3.05, 3.63) is 0 Å². The fourth-order valence-electron chi connectivity index (χ4n) is 3.68. The quantitative estimate of drug-likeness (QED) is 0.780. The van der Waals surface area contributed by atoms with E-state index in [1.807, 2.05) is 14.0 Å². The fraction of sp³-hybridized carbons (Fsp3) is 0.929. The Morgan fingerprint density at radius 3 is 2.67 bits per heavy atom. The minimum absolute atomic E-state index is 0. The molecule has 2 bridgehead atoms. The summed E-state index contributed by atoms with van der Waals surface area (Å²) in [6.45, 7) is 3.62. The second-order valence-electron chi connectivity index (χ2n) is 5.97. The van der Waals surface area contributed by atoms with Crippen LogP contribution in [0.25, 0.3) is 0 Å². The van der Waals surface area contributed by atoms with Crippen LogP contribution in [0.2, 0.25) is 0 Å². The van der Waals surface area contributed by atoms with Gasteiger partial charge in [0, 0.05) is 19.0 Å². The molecule has 0 aromatic carbocycles. The number of carbonyl (C=O) groups is 1. The molecule has 0 saturated heterocycles. The van der Waals surface area contributed by atoms with Crippen LogP contribution in [0, 0.1) is 23.7 Å². The lowest BCUT2D eigenvalue weighted by molar-refractivity contribution is -0.124. The lowest BCUT2D eigenvalue weighted by Gasteiger charge is -2.22. The molecule has 2 N–H and O–H groups in total. The first-order chi connectivity index (χ1) is 8.20. The third-order valence-corrected chi connectivity index (χ3v) is 4.66. The number of rotatable bonds is 6. The van der Waals surface area contributed by atoms with Gasteiger partial charge in [0.25, 0.3) is 0 Å². The van der Waals surface area contributed by atoms with Gasteiger partial charge in [-0.2, -0.15) is 0 Å². The van der Waals surface area contributed by atoms with Crippen LogP contribution in [-0.4, -0.2) is 26.0 Å². The Morgan fingerprint density at radius 1 is 1.33 bits per heavy atom. The van der Waals surface area contributed by atoms with Crippen molar-refractivity contribution in [2.45, 2.75) is 39.0 Å². The molecule has 1 amide bonds. The Labute approximate surface area is 117 Å². The molecule has 0 spiro atoms. The summed E-state index contributed by atoms with van der Waals surface area (Å²) >= 11 is 0. The molecule has 2 saturated carbocycles. The van der Waals surface area contributed by atoms with Crippen LogP contribution in [-0.2, 0) is 4.79 Å². The van der Waals surface area contributed by atoms with Crippen LogP contribution in [0.4, 0.5) is 0 Å². The predicted octanol–water partition coefficient (Wildman–Crippen LogP) is 2.21. The number of halogens is 1. The van der Waals surface area contributed by atoms with E-state index in [-0.39, 0.29) is 24.2 Å². The maximum atomic E-state index is 11.7. The van der Waals surface area contributed by atoms with Gasteiger partial charge in [0.2, 0.25) is 5.91 Å². The summed E-state index contributed by atoms with van der Waals surface area (Å²) in [6, 6.07) is 0. The van der Waals surface area contributed by atoms with E-state index in [0.717, 1.165) is 30.8 Å². The molecular weight excluding hydrogens is 248 g/mol.